The molecule has 2 aliphatic rings. The number of amides is 1. The van der Waals surface area contributed by atoms with Crippen LogP contribution in [0.2, 0.25) is 0 Å². The van der Waals surface area contributed by atoms with Gasteiger partial charge in [-0.3, -0.25) is 9.69 Å². The molecular weight excluding hydrogens is 388 g/mol. The van der Waals surface area contributed by atoms with Crippen LogP contribution in [-0.4, -0.2) is 66.7 Å². The van der Waals surface area contributed by atoms with Crippen molar-refractivity contribution in [1.29, 1.82) is 0 Å². The van der Waals surface area contributed by atoms with E-state index in [2.05, 4.69) is 49.9 Å². The molecular formula is C26H34N2O3. The van der Waals surface area contributed by atoms with Crippen LogP contribution in [0.25, 0.3) is 11.1 Å². The van der Waals surface area contributed by atoms with Crippen LogP contribution in [0, 0.1) is 0 Å². The van der Waals surface area contributed by atoms with Gasteiger partial charge in [0.25, 0.3) is 5.91 Å². The van der Waals surface area contributed by atoms with Crippen molar-refractivity contribution < 1.29 is 14.3 Å². The van der Waals surface area contributed by atoms with Gasteiger partial charge in [0.05, 0.1) is 13.2 Å². The zero-order valence-electron chi connectivity index (χ0n) is 19.0. The zero-order valence-corrected chi connectivity index (χ0v) is 19.0. The summed E-state index contributed by atoms with van der Waals surface area (Å²) in [6.45, 7) is 11.6. The lowest BCUT2D eigenvalue weighted by atomic mass is 9.99. The summed E-state index contributed by atoms with van der Waals surface area (Å²) in [5, 5.41) is 0. The van der Waals surface area contributed by atoms with Gasteiger partial charge >= 0.3 is 0 Å². The third-order valence-corrected chi connectivity index (χ3v) is 6.31. The molecule has 0 N–H and O–H groups in total. The Kier molecular flexibility index (Phi) is 6.63. The topological polar surface area (TPSA) is 42.0 Å². The van der Waals surface area contributed by atoms with E-state index in [0.29, 0.717) is 26.3 Å². The van der Waals surface area contributed by atoms with Crippen molar-refractivity contribution in [2.75, 3.05) is 39.4 Å². The maximum Gasteiger partial charge on any atom is 0.254 e. The van der Waals surface area contributed by atoms with E-state index in [1.807, 2.05) is 29.2 Å². The molecule has 5 nitrogen and oxygen atoms in total. The molecule has 4 rings (SSSR count). The van der Waals surface area contributed by atoms with Crippen LogP contribution in [-0.2, 0) is 4.74 Å². The fourth-order valence-electron chi connectivity index (χ4n) is 4.32. The predicted molar refractivity (Wildman–Crippen MR) is 124 cm³/mol. The summed E-state index contributed by atoms with van der Waals surface area (Å²) in [4.78, 5) is 17.0. The van der Waals surface area contributed by atoms with E-state index in [9.17, 15) is 4.79 Å². The van der Waals surface area contributed by atoms with Crippen LogP contribution in [0.15, 0.2) is 48.5 Å². The van der Waals surface area contributed by atoms with Crippen molar-refractivity contribution >= 4 is 5.91 Å². The van der Waals surface area contributed by atoms with Crippen molar-refractivity contribution in [3.63, 3.8) is 0 Å². The van der Waals surface area contributed by atoms with Gasteiger partial charge < -0.3 is 14.4 Å². The van der Waals surface area contributed by atoms with Gasteiger partial charge in [0, 0.05) is 37.3 Å². The Labute approximate surface area is 185 Å². The lowest BCUT2D eigenvalue weighted by Gasteiger charge is -2.40. The first-order valence-electron chi connectivity index (χ1n) is 11.4. The Bertz CT molecular complexity index is 857. The Morgan fingerprint density at radius 3 is 1.97 bits per heavy atom. The summed E-state index contributed by atoms with van der Waals surface area (Å²) in [5.41, 5.74) is 3.19. The number of nitrogens with zero attached hydrogens (tertiary/aromatic N) is 2. The molecule has 0 atom stereocenters. The van der Waals surface area contributed by atoms with Crippen LogP contribution in [0.3, 0.4) is 0 Å². The van der Waals surface area contributed by atoms with Gasteiger partial charge in [0.2, 0.25) is 0 Å². The number of likely N-dealkylation sites (tertiary alicyclic amines) is 1. The van der Waals surface area contributed by atoms with Crippen molar-refractivity contribution in [3.8, 4) is 16.9 Å². The Morgan fingerprint density at radius 2 is 1.42 bits per heavy atom. The Morgan fingerprint density at radius 1 is 0.871 bits per heavy atom. The number of ether oxygens (including phenoxy) is 2. The van der Waals surface area contributed by atoms with Crippen molar-refractivity contribution in [1.82, 2.24) is 9.80 Å². The number of carbonyl (C=O) groups is 1. The van der Waals surface area contributed by atoms with Gasteiger partial charge in [-0.05, 0) is 69.0 Å². The summed E-state index contributed by atoms with van der Waals surface area (Å²) in [7, 11) is 0. The smallest absolute Gasteiger partial charge is 0.254 e. The number of carbonyl (C=O) groups excluding carboxylic acids is 1. The highest BCUT2D eigenvalue weighted by atomic mass is 16.5. The first kappa shape index (κ1) is 21.8. The Hall–Kier alpha value is -2.37. The average Bonchev–Trinajstić information content (AvgIpc) is 2.80. The fourth-order valence-corrected chi connectivity index (χ4v) is 4.32. The normalized spacial score (nSPS) is 18.7. The number of rotatable bonds is 4. The SMILES string of the molecule is CC(C)(C)N1CCC(Oc2ccc(-c3ccc(C(=O)N4CCOCC4)cc3)cc2)CC1. The van der Waals surface area contributed by atoms with Crippen molar-refractivity contribution in [3.05, 3.63) is 54.1 Å². The monoisotopic (exact) mass is 422 g/mol. The molecule has 0 aliphatic carbocycles. The van der Waals surface area contributed by atoms with Crippen molar-refractivity contribution in [2.24, 2.45) is 0 Å². The van der Waals surface area contributed by atoms with E-state index in [1.54, 1.807) is 0 Å². The summed E-state index contributed by atoms with van der Waals surface area (Å²) in [5.74, 6) is 1.01. The maximum atomic E-state index is 12.6. The van der Waals surface area contributed by atoms with E-state index < -0.39 is 0 Å². The molecule has 31 heavy (non-hydrogen) atoms. The van der Waals surface area contributed by atoms with E-state index in [4.69, 9.17) is 9.47 Å². The molecule has 2 heterocycles. The molecule has 5 heteroatoms. The minimum Gasteiger partial charge on any atom is -0.490 e. The number of hydrogen-bond acceptors (Lipinski definition) is 4. The molecule has 0 radical (unpaired) electrons. The molecule has 0 saturated carbocycles. The second kappa shape index (κ2) is 9.41. The molecule has 0 spiro atoms. The molecule has 2 saturated heterocycles. The third kappa shape index (κ3) is 5.46. The van der Waals surface area contributed by atoms with E-state index in [1.165, 1.54) is 0 Å². The third-order valence-electron chi connectivity index (χ3n) is 6.31. The molecule has 2 aromatic carbocycles. The molecule has 1 amide bonds. The molecule has 0 unspecified atom stereocenters. The summed E-state index contributed by atoms with van der Waals surface area (Å²) in [6.07, 6.45) is 2.42. The number of hydrogen-bond donors (Lipinski definition) is 0. The van der Waals surface area contributed by atoms with Crippen LogP contribution in [0.1, 0.15) is 44.0 Å². The second-order valence-electron chi connectivity index (χ2n) is 9.48. The van der Waals surface area contributed by atoms with Gasteiger partial charge in [-0.1, -0.05) is 24.3 Å². The molecule has 0 bridgehead atoms. The van der Waals surface area contributed by atoms with E-state index in [0.717, 1.165) is 48.4 Å². The highest BCUT2D eigenvalue weighted by Crippen LogP contribution is 2.26. The van der Waals surface area contributed by atoms with Crippen molar-refractivity contribution in [2.45, 2.75) is 45.3 Å². The van der Waals surface area contributed by atoms with Crippen LogP contribution in [0.5, 0.6) is 5.75 Å². The first-order chi connectivity index (χ1) is 14.9. The van der Waals surface area contributed by atoms with E-state index >= 15 is 0 Å². The number of benzene rings is 2. The number of piperidine rings is 1. The van der Waals surface area contributed by atoms with Gasteiger partial charge in [0.1, 0.15) is 11.9 Å². The van der Waals surface area contributed by atoms with Gasteiger partial charge in [0.15, 0.2) is 0 Å². The predicted octanol–water partition coefficient (Wildman–Crippen LogP) is 4.47. The fraction of sp³-hybridized carbons (Fsp3) is 0.500. The molecule has 2 aromatic rings. The summed E-state index contributed by atoms with van der Waals surface area (Å²) >= 11 is 0. The van der Waals surface area contributed by atoms with Crippen LogP contribution < -0.4 is 4.74 Å². The maximum absolute atomic E-state index is 12.6. The highest BCUT2D eigenvalue weighted by molar-refractivity contribution is 5.94. The quantitative estimate of drug-likeness (QED) is 0.729. The number of morpholine rings is 1. The van der Waals surface area contributed by atoms with Crippen LogP contribution in [0.4, 0.5) is 0 Å². The highest BCUT2D eigenvalue weighted by Gasteiger charge is 2.27. The lowest BCUT2D eigenvalue weighted by Crippen LogP contribution is -2.48. The zero-order chi connectivity index (χ0) is 21.8. The van der Waals surface area contributed by atoms with E-state index in [-0.39, 0.29) is 17.6 Å². The molecule has 2 fully saturated rings. The molecule has 166 valence electrons. The minimum atomic E-state index is 0.0797. The Balaban J connectivity index is 1.33. The summed E-state index contributed by atoms with van der Waals surface area (Å²) < 4.78 is 11.6. The van der Waals surface area contributed by atoms with Gasteiger partial charge in [-0.25, -0.2) is 0 Å². The molecule has 0 aromatic heterocycles. The van der Waals surface area contributed by atoms with Gasteiger partial charge in [-0.2, -0.15) is 0 Å². The van der Waals surface area contributed by atoms with Gasteiger partial charge in [-0.15, -0.1) is 0 Å². The molecule has 2 aliphatic heterocycles. The first-order valence-corrected chi connectivity index (χ1v) is 11.4. The standard InChI is InChI=1S/C26H34N2O3/c1-26(2,3)28-14-12-24(13-15-28)31-23-10-8-21(9-11-23)20-4-6-22(7-5-20)25(29)27-16-18-30-19-17-27/h4-11,24H,12-19H2,1-3H3. The lowest BCUT2D eigenvalue weighted by molar-refractivity contribution is 0.0303. The second-order valence-corrected chi connectivity index (χ2v) is 9.48. The average molecular weight is 423 g/mol. The summed E-state index contributed by atoms with van der Waals surface area (Å²) in [6, 6.07) is 16.2. The minimum absolute atomic E-state index is 0.0797. The van der Waals surface area contributed by atoms with Crippen LogP contribution >= 0.6 is 0 Å². The largest absolute Gasteiger partial charge is 0.490 e.